The molecular formula is C26H33Cl2N11O. The molecule has 0 saturated carbocycles. The van der Waals surface area contributed by atoms with Crippen molar-refractivity contribution in [2.24, 2.45) is 0 Å². The van der Waals surface area contributed by atoms with E-state index in [2.05, 4.69) is 59.6 Å². The van der Waals surface area contributed by atoms with Gasteiger partial charge >= 0.3 is 0 Å². The molecule has 212 valence electrons. The molecule has 4 rings (SSSR count). The zero-order valence-electron chi connectivity index (χ0n) is 23.2. The second kappa shape index (κ2) is 12.8. The number of nitrogens with zero attached hydrogens (tertiary/aromatic N) is 9. The van der Waals surface area contributed by atoms with Crippen molar-refractivity contribution in [1.82, 2.24) is 34.8 Å². The van der Waals surface area contributed by atoms with Crippen LogP contribution in [0.15, 0.2) is 18.5 Å². The quantitative estimate of drug-likeness (QED) is 0.360. The Morgan fingerprint density at radius 3 is 2.77 bits per heavy atom. The summed E-state index contributed by atoms with van der Waals surface area (Å²) in [6.07, 6.45) is 3.97. The number of rotatable bonds is 9. The lowest BCUT2D eigenvalue weighted by Crippen LogP contribution is -2.50. The number of nitrogens with one attached hydrogen (secondary N) is 2. The van der Waals surface area contributed by atoms with Gasteiger partial charge in [-0.05, 0) is 54.0 Å². The molecule has 2 N–H and O–H groups in total. The number of aromatic nitrogens is 5. The van der Waals surface area contributed by atoms with Gasteiger partial charge in [-0.2, -0.15) is 5.26 Å². The lowest BCUT2D eigenvalue weighted by atomic mass is 10.1. The first kappa shape index (κ1) is 29.5. The van der Waals surface area contributed by atoms with E-state index in [1.807, 2.05) is 20.2 Å². The highest BCUT2D eigenvalue weighted by Gasteiger charge is 2.28. The second-order valence-corrected chi connectivity index (χ2v) is 10.9. The monoisotopic (exact) mass is 585 g/mol. The minimum Gasteiger partial charge on any atom is -0.367 e. The minimum absolute atomic E-state index is 0.0219. The Labute approximate surface area is 243 Å². The van der Waals surface area contributed by atoms with Crippen molar-refractivity contribution >= 4 is 46.3 Å². The number of nitriles is 1. The molecule has 1 aliphatic rings. The van der Waals surface area contributed by atoms with Gasteiger partial charge in [-0.25, -0.2) is 14.6 Å². The number of hydrogen-bond acceptors (Lipinski definition) is 10. The predicted octanol–water partition coefficient (Wildman–Crippen LogP) is 3.30. The molecule has 1 aromatic carbocycles. The summed E-state index contributed by atoms with van der Waals surface area (Å²) in [5, 5.41) is 24.7. The number of anilines is 3. The van der Waals surface area contributed by atoms with E-state index in [-0.39, 0.29) is 22.3 Å². The molecule has 1 aliphatic heterocycles. The molecule has 0 aliphatic carbocycles. The van der Waals surface area contributed by atoms with Crippen molar-refractivity contribution in [3.63, 3.8) is 0 Å². The van der Waals surface area contributed by atoms with Crippen LogP contribution in [-0.4, -0.2) is 101 Å². The Hall–Kier alpha value is -3.50. The van der Waals surface area contributed by atoms with Gasteiger partial charge in [0, 0.05) is 38.4 Å². The first-order valence-electron chi connectivity index (χ1n) is 12.9. The molecule has 1 atom stereocenters. The molecular weight excluding hydrogens is 553 g/mol. The summed E-state index contributed by atoms with van der Waals surface area (Å²) in [7, 11) is 6.12. The van der Waals surface area contributed by atoms with E-state index in [4.69, 9.17) is 23.2 Å². The number of carbonyl (C=O) groups is 1. The first-order chi connectivity index (χ1) is 19.1. The zero-order valence-corrected chi connectivity index (χ0v) is 24.8. The average Bonchev–Trinajstić information content (AvgIpc) is 3.37. The van der Waals surface area contributed by atoms with E-state index in [0.717, 1.165) is 26.1 Å². The van der Waals surface area contributed by atoms with Gasteiger partial charge < -0.3 is 25.3 Å². The van der Waals surface area contributed by atoms with Crippen LogP contribution < -0.4 is 15.5 Å². The fraction of sp³-hybridized carbons (Fsp3) is 0.462. The zero-order chi connectivity index (χ0) is 29.0. The molecule has 0 unspecified atom stereocenters. The SMILES string of the molecule is Cc1ncc(C(=O)Nc2c(N3CCN(C)[C@H](C)C3)cc(Cl)c(-n3cc(NCCCN(C)C)nn3)c2Cl)c(C#N)n1. The van der Waals surface area contributed by atoms with Crippen LogP contribution in [0.3, 0.4) is 0 Å². The van der Waals surface area contributed by atoms with Crippen LogP contribution >= 0.6 is 23.2 Å². The topological polar surface area (TPSA) is 131 Å². The van der Waals surface area contributed by atoms with Crippen molar-refractivity contribution in [2.45, 2.75) is 26.3 Å². The number of halogens is 2. The van der Waals surface area contributed by atoms with Crippen molar-refractivity contribution in [3.05, 3.63) is 45.6 Å². The van der Waals surface area contributed by atoms with Gasteiger partial charge in [-0.1, -0.05) is 28.4 Å². The van der Waals surface area contributed by atoms with Crippen LogP contribution in [0.2, 0.25) is 10.0 Å². The summed E-state index contributed by atoms with van der Waals surface area (Å²) in [5.41, 5.74) is 1.41. The molecule has 1 amide bonds. The second-order valence-electron chi connectivity index (χ2n) is 10.1. The summed E-state index contributed by atoms with van der Waals surface area (Å²) in [6.45, 7) is 7.67. The summed E-state index contributed by atoms with van der Waals surface area (Å²) < 4.78 is 1.49. The molecule has 40 heavy (non-hydrogen) atoms. The smallest absolute Gasteiger partial charge is 0.260 e. The number of benzene rings is 1. The predicted molar refractivity (Wildman–Crippen MR) is 157 cm³/mol. The van der Waals surface area contributed by atoms with Gasteiger partial charge in [0.15, 0.2) is 11.5 Å². The van der Waals surface area contributed by atoms with Gasteiger partial charge in [0.05, 0.1) is 33.2 Å². The highest BCUT2D eigenvalue weighted by Crippen LogP contribution is 2.43. The highest BCUT2D eigenvalue weighted by molar-refractivity contribution is 6.41. The van der Waals surface area contributed by atoms with Crippen LogP contribution in [0, 0.1) is 18.3 Å². The fourth-order valence-electron chi connectivity index (χ4n) is 4.41. The lowest BCUT2D eigenvalue weighted by Gasteiger charge is -2.40. The molecule has 0 bridgehead atoms. The molecule has 2 aromatic heterocycles. The Bertz CT molecular complexity index is 1420. The largest absolute Gasteiger partial charge is 0.367 e. The average molecular weight is 587 g/mol. The Morgan fingerprint density at radius 1 is 1.30 bits per heavy atom. The molecule has 14 heteroatoms. The van der Waals surface area contributed by atoms with Crippen LogP contribution in [0.5, 0.6) is 0 Å². The molecule has 1 fully saturated rings. The lowest BCUT2D eigenvalue weighted by molar-refractivity contribution is 0.102. The van der Waals surface area contributed by atoms with Gasteiger partial charge in [0.1, 0.15) is 17.6 Å². The summed E-state index contributed by atoms with van der Waals surface area (Å²) in [6, 6.07) is 4.01. The maximum atomic E-state index is 13.4. The van der Waals surface area contributed by atoms with E-state index in [1.54, 1.807) is 19.2 Å². The molecule has 3 heterocycles. The van der Waals surface area contributed by atoms with Gasteiger partial charge in [-0.3, -0.25) is 4.79 Å². The normalized spacial score (nSPS) is 15.8. The number of hydrogen-bond donors (Lipinski definition) is 2. The van der Waals surface area contributed by atoms with Gasteiger partial charge in [-0.15, -0.1) is 5.10 Å². The van der Waals surface area contributed by atoms with Crippen molar-refractivity contribution < 1.29 is 4.79 Å². The van der Waals surface area contributed by atoms with Crippen molar-refractivity contribution in [2.75, 3.05) is 69.4 Å². The fourth-order valence-corrected chi connectivity index (χ4v) is 5.08. The van der Waals surface area contributed by atoms with E-state index >= 15 is 0 Å². The molecule has 0 spiro atoms. The number of carbonyl (C=O) groups excluding carboxylic acids is 1. The number of piperazine rings is 1. The number of amides is 1. The van der Waals surface area contributed by atoms with Crippen molar-refractivity contribution in [3.8, 4) is 11.8 Å². The standard InChI is InChI=1S/C26H33Cl2N11O/c1-16-14-38(10-9-37(16)5)21-11-19(27)25(39-15-22(34-35-39)30-7-6-8-36(3)4)23(28)24(21)33-26(40)18-13-31-17(2)32-20(18)12-29/h11,13,15-16,30H,6-10,14H2,1-5H3,(H,33,40)/t16-/m1/s1. The van der Waals surface area contributed by atoms with Crippen LogP contribution in [-0.2, 0) is 0 Å². The maximum absolute atomic E-state index is 13.4. The van der Waals surface area contributed by atoms with Crippen LogP contribution in [0.25, 0.3) is 5.69 Å². The van der Waals surface area contributed by atoms with Crippen molar-refractivity contribution in [1.29, 1.82) is 5.26 Å². The Kier molecular flexibility index (Phi) is 9.42. The summed E-state index contributed by atoms with van der Waals surface area (Å²) in [4.78, 5) is 28.1. The third-order valence-corrected chi connectivity index (χ3v) is 7.44. The van der Waals surface area contributed by atoms with Gasteiger partial charge in [0.2, 0.25) is 0 Å². The molecule has 3 aromatic rings. The Morgan fingerprint density at radius 2 is 2.08 bits per heavy atom. The summed E-state index contributed by atoms with van der Waals surface area (Å²) >= 11 is 13.8. The minimum atomic E-state index is -0.558. The Balaban J connectivity index is 1.72. The van der Waals surface area contributed by atoms with Crippen LogP contribution in [0.1, 0.15) is 35.2 Å². The molecule has 0 radical (unpaired) electrons. The van der Waals surface area contributed by atoms with Crippen LogP contribution in [0.4, 0.5) is 17.2 Å². The van der Waals surface area contributed by atoms with Gasteiger partial charge in [0.25, 0.3) is 5.91 Å². The maximum Gasteiger partial charge on any atom is 0.260 e. The number of aryl methyl sites for hydroxylation is 1. The highest BCUT2D eigenvalue weighted by atomic mass is 35.5. The van der Waals surface area contributed by atoms with E-state index in [9.17, 15) is 10.1 Å². The third kappa shape index (κ3) is 6.62. The number of likely N-dealkylation sites (N-methyl/N-ethyl adjacent to an activating group) is 1. The van der Waals surface area contributed by atoms with E-state index < -0.39 is 5.91 Å². The van der Waals surface area contributed by atoms with E-state index in [1.165, 1.54) is 10.9 Å². The molecule has 1 saturated heterocycles. The van der Waals surface area contributed by atoms with E-state index in [0.29, 0.717) is 46.8 Å². The third-order valence-electron chi connectivity index (χ3n) is 6.78. The first-order valence-corrected chi connectivity index (χ1v) is 13.7. The molecule has 12 nitrogen and oxygen atoms in total. The summed E-state index contributed by atoms with van der Waals surface area (Å²) in [5.74, 6) is 0.408.